The lowest BCUT2D eigenvalue weighted by atomic mass is 10.1. The van der Waals surface area contributed by atoms with E-state index in [1.807, 2.05) is 44.4 Å². The first-order chi connectivity index (χ1) is 14.3. The SMILES string of the molecule is CSCCC(NC(=O)c1ccc(Cl)cc1Cl)C(=O)NCc1ccccc1OC(C)C. The van der Waals surface area contributed by atoms with Crippen LogP contribution in [0.3, 0.4) is 0 Å². The second kappa shape index (κ2) is 12.1. The number of halogens is 2. The van der Waals surface area contributed by atoms with E-state index < -0.39 is 11.9 Å². The predicted molar refractivity (Wildman–Crippen MR) is 125 cm³/mol. The van der Waals surface area contributed by atoms with Gasteiger partial charge in [-0.15, -0.1) is 0 Å². The number of para-hydroxylation sites is 1. The monoisotopic (exact) mass is 468 g/mol. The first kappa shape index (κ1) is 24.4. The van der Waals surface area contributed by atoms with E-state index in [-0.39, 0.29) is 22.6 Å². The van der Waals surface area contributed by atoms with Crippen molar-refractivity contribution in [1.82, 2.24) is 10.6 Å². The molecule has 0 saturated carbocycles. The summed E-state index contributed by atoms with van der Waals surface area (Å²) in [5.74, 6) is 0.772. The Morgan fingerprint density at radius 3 is 2.53 bits per heavy atom. The number of carbonyl (C=O) groups is 2. The van der Waals surface area contributed by atoms with E-state index in [2.05, 4.69) is 10.6 Å². The average Bonchev–Trinajstić information content (AvgIpc) is 2.69. The van der Waals surface area contributed by atoms with Crippen LogP contribution in [-0.2, 0) is 11.3 Å². The second-order valence-corrected chi connectivity index (χ2v) is 8.75. The minimum absolute atomic E-state index is 0.0274. The van der Waals surface area contributed by atoms with Gasteiger partial charge in [0.1, 0.15) is 11.8 Å². The van der Waals surface area contributed by atoms with Crippen LogP contribution in [0.15, 0.2) is 42.5 Å². The van der Waals surface area contributed by atoms with Gasteiger partial charge in [0.15, 0.2) is 0 Å². The van der Waals surface area contributed by atoms with Gasteiger partial charge < -0.3 is 15.4 Å². The molecule has 0 bridgehead atoms. The molecule has 5 nitrogen and oxygen atoms in total. The number of thioether (sulfide) groups is 1. The molecule has 2 aromatic rings. The summed E-state index contributed by atoms with van der Waals surface area (Å²) >= 11 is 13.6. The fraction of sp³-hybridized carbons (Fsp3) is 0.364. The first-order valence-corrected chi connectivity index (χ1v) is 11.7. The molecule has 1 atom stereocenters. The average molecular weight is 469 g/mol. The maximum absolute atomic E-state index is 12.8. The maximum atomic E-state index is 12.8. The highest BCUT2D eigenvalue weighted by atomic mass is 35.5. The van der Waals surface area contributed by atoms with Crippen LogP contribution >= 0.6 is 35.0 Å². The van der Waals surface area contributed by atoms with E-state index in [4.69, 9.17) is 27.9 Å². The molecule has 0 aliphatic heterocycles. The quantitative estimate of drug-likeness (QED) is 0.517. The van der Waals surface area contributed by atoms with Gasteiger partial charge in [0.05, 0.1) is 16.7 Å². The normalized spacial score (nSPS) is 11.8. The van der Waals surface area contributed by atoms with Crippen LogP contribution in [0.25, 0.3) is 0 Å². The van der Waals surface area contributed by atoms with Gasteiger partial charge in [-0.3, -0.25) is 9.59 Å². The molecule has 0 aliphatic carbocycles. The number of rotatable bonds is 10. The summed E-state index contributed by atoms with van der Waals surface area (Å²) in [6.07, 6.45) is 2.47. The van der Waals surface area contributed by atoms with Crippen LogP contribution in [0, 0.1) is 0 Å². The lowest BCUT2D eigenvalue weighted by molar-refractivity contribution is -0.123. The number of carbonyl (C=O) groups excluding carboxylic acids is 2. The fourth-order valence-electron chi connectivity index (χ4n) is 2.74. The summed E-state index contributed by atoms with van der Waals surface area (Å²) in [5, 5.41) is 6.37. The number of hydrogen-bond donors (Lipinski definition) is 2. The van der Waals surface area contributed by atoms with E-state index in [0.717, 1.165) is 17.1 Å². The predicted octanol–water partition coefficient (Wildman–Crippen LogP) is 4.95. The van der Waals surface area contributed by atoms with E-state index in [1.54, 1.807) is 23.9 Å². The van der Waals surface area contributed by atoms with E-state index in [1.165, 1.54) is 6.07 Å². The Labute approximate surface area is 191 Å². The third kappa shape index (κ3) is 7.42. The molecule has 8 heteroatoms. The van der Waals surface area contributed by atoms with Crippen LogP contribution in [-0.4, -0.2) is 36.0 Å². The summed E-state index contributed by atoms with van der Waals surface area (Å²) in [7, 11) is 0. The summed E-state index contributed by atoms with van der Waals surface area (Å²) in [6, 6.07) is 11.5. The minimum atomic E-state index is -0.685. The minimum Gasteiger partial charge on any atom is -0.491 e. The van der Waals surface area contributed by atoms with Crippen molar-refractivity contribution in [3.63, 3.8) is 0 Å². The zero-order chi connectivity index (χ0) is 22.1. The van der Waals surface area contributed by atoms with Gasteiger partial charge in [-0.1, -0.05) is 41.4 Å². The largest absolute Gasteiger partial charge is 0.491 e. The van der Waals surface area contributed by atoms with Gasteiger partial charge in [-0.05, 0) is 56.5 Å². The molecule has 2 amide bonds. The molecule has 1 unspecified atom stereocenters. The van der Waals surface area contributed by atoms with Gasteiger partial charge in [0.2, 0.25) is 5.91 Å². The Balaban J connectivity index is 2.07. The van der Waals surface area contributed by atoms with Gasteiger partial charge in [-0.2, -0.15) is 11.8 Å². The molecule has 162 valence electrons. The van der Waals surface area contributed by atoms with Gasteiger partial charge in [0.25, 0.3) is 5.91 Å². The van der Waals surface area contributed by atoms with E-state index in [9.17, 15) is 9.59 Å². The molecular formula is C22H26Cl2N2O3S. The lowest BCUT2D eigenvalue weighted by Crippen LogP contribution is -2.47. The molecule has 2 aromatic carbocycles. The van der Waals surface area contributed by atoms with Crippen LogP contribution in [0.2, 0.25) is 10.0 Å². The number of amides is 2. The fourth-order valence-corrected chi connectivity index (χ4v) is 3.70. The molecule has 0 radical (unpaired) electrons. The number of hydrogen-bond acceptors (Lipinski definition) is 4. The zero-order valence-corrected chi connectivity index (χ0v) is 19.5. The summed E-state index contributed by atoms with van der Waals surface area (Å²) in [4.78, 5) is 25.5. The van der Waals surface area contributed by atoms with Gasteiger partial charge >= 0.3 is 0 Å². The Bertz CT molecular complexity index is 877. The summed E-state index contributed by atoms with van der Waals surface area (Å²) in [5.41, 5.74) is 1.15. The molecular weight excluding hydrogens is 443 g/mol. The number of nitrogens with one attached hydrogen (secondary N) is 2. The van der Waals surface area contributed by atoms with E-state index >= 15 is 0 Å². The van der Waals surface area contributed by atoms with Gasteiger partial charge in [-0.25, -0.2) is 0 Å². The highest BCUT2D eigenvalue weighted by molar-refractivity contribution is 7.98. The van der Waals surface area contributed by atoms with Crippen molar-refractivity contribution in [2.45, 2.75) is 39.0 Å². The Hall–Kier alpha value is -1.89. The highest BCUT2D eigenvalue weighted by Crippen LogP contribution is 2.21. The summed E-state index contributed by atoms with van der Waals surface area (Å²) in [6.45, 7) is 4.20. The van der Waals surface area contributed by atoms with Crippen molar-refractivity contribution in [2.75, 3.05) is 12.0 Å². The smallest absolute Gasteiger partial charge is 0.253 e. The molecule has 2 N–H and O–H groups in total. The highest BCUT2D eigenvalue weighted by Gasteiger charge is 2.22. The molecule has 0 aliphatic rings. The first-order valence-electron chi connectivity index (χ1n) is 9.59. The van der Waals surface area contributed by atoms with Crippen molar-refractivity contribution in [1.29, 1.82) is 0 Å². The summed E-state index contributed by atoms with van der Waals surface area (Å²) < 4.78 is 5.80. The van der Waals surface area contributed by atoms with Crippen molar-refractivity contribution in [3.05, 3.63) is 63.6 Å². The zero-order valence-electron chi connectivity index (χ0n) is 17.2. The van der Waals surface area contributed by atoms with Crippen molar-refractivity contribution in [2.24, 2.45) is 0 Å². The van der Waals surface area contributed by atoms with Crippen molar-refractivity contribution < 1.29 is 14.3 Å². The molecule has 30 heavy (non-hydrogen) atoms. The Morgan fingerprint density at radius 2 is 1.87 bits per heavy atom. The third-order valence-corrected chi connectivity index (χ3v) is 5.39. The van der Waals surface area contributed by atoms with E-state index in [0.29, 0.717) is 18.0 Å². The molecule has 0 aromatic heterocycles. The Morgan fingerprint density at radius 1 is 1.13 bits per heavy atom. The molecule has 0 heterocycles. The Kier molecular flexibility index (Phi) is 9.82. The van der Waals surface area contributed by atoms with Crippen molar-refractivity contribution in [3.8, 4) is 5.75 Å². The van der Waals surface area contributed by atoms with Crippen LogP contribution in [0.5, 0.6) is 5.75 Å². The number of ether oxygens (including phenoxy) is 1. The van der Waals surface area contributed by atoms with Gasteiger partial charge in [0, 0.05) is 17.1 Å². The number of benzene rings is 2. The second-order valence-electron chi connectivity index (χ2n) is 6.92. The topological polar surface area (TPSA) is 67.4 Å². The van der Waals surface area contributed by atoms with Crippen molar-refractivity contribution >= 4 is 46.8 Å². The van der Waals surface area contributed by atoms with Crippen LogP contribution < -0.4 is 15.4 Å². The maximum Gasteiger partial charge on any atom is 0.253 e. The van der Waals surface area contributed by atoms with Crippen LogP contribution in [0.4, 0.5) is 0 Å². The molecule has 0 saturated heterocycles. The van der Waals surface area contributed by atoms with Crippen LogP contribution in [0.1, 0.15) is 36.2 Å². The third-order valence-electron chi connectivity index (χ3n) is 4.20. The molecule has 0 spiro atoms. The lowest BCUT2D eigenvalue weighted by Gasteiger charge is -2.20. The molecule has 2 rings (SSSR count). The molecule has 0 fully saturated rings. The standard InChI is InChI=1S/C22H26Cl2N2O3S/c1-14(2)29-20-7-5-4-6-15(20)13-25-22(28)19(10-11-30-3)26-21(27)17-9-8-16(23)12-18(17)24/h4-9,12,14,19H,10-11,13H2,1-3H3,(H,25,28)(H,26,27).